The molecule has 3 aliphatic rings. The van der Waals surface area contributed by atoms with Crippen LogP contribution in [0.4, 0.5) is 4.39 Å². The normalized spacial score (nSPS) is 20.6. The van der Waals surface area contributed by atoms with Gasteiger partial charge in [-0.1, -0.05) is 0 Å². The third-order valence-corrected chi connectivity index (χ3v) is 10.1. The number of aryl methyl sites for hydroxylation is 1. The van der Waals surface area contributed by atoms with Crippen molar-refractivity contribution in [3.8, 4) is 5.69 Å². The summed E-state index contributed by atoms with van der Waals surface area (Å²) in [7, 11) is 1.76. The van der Waals surface area contributed by atoms with Gasteiger partial charge in [0.2, 0.25) is 5.91 Å². The van der Waals surface area contributed by atoms with Gasteiger partial charge in [0.25, 0.3) is 5.91 Å². The zero-order valence-electron chi connectivity index (χ0n) is 25.7. The van der Waals surface area contributed by atoms with E-state index < -0.39 is 5.82 Å². The molecule has 0 spiro atoms. The predicted molar refractivity (Wildman–Crippen MR) is 163 cm³/mol. The van der Waals surface area contributed by atoms with E-state index in [2.05, 4.69) is 27.9 Å². The topological polar surface area (TPSA) is 61.7 Å². The zero-order valence-corrected chi connectivity index (χ0v) is 25.7. The lowest BCUT2D eigenvalue weighted by atomic mass is 9.84. The highest BCUT2D eigenvalue weighted by Crippen LogP contribution is 2.54. The molecule has 0 N–H and O–H groups in total. The minimum atomic E-state index is -0.423. The Bertz CT molecular complexity index is 1500. The smallest absolute Gasteiger partial charge is 0.256 e. The van der Waals surface area contributed by atoms with Crippen molar-refractivity contribution in [1.29, 1.82) is 0 Å². The minimum Gasteiger partial charge on any atom is -0.339 e. The van der Waals surface area contributed by atoms with Crippen LogP contribution >= 0.6 is 0 Å². The van der Waals surface area contributed by atoms with E-state index in [0.29, 0.717) is 23.2 Å². The number of hydrogen-bond acceptors (Lipinski definition) is 4. The lowest BCUT2D eigenvalue weighted by Crippen LogP contribution is -2.55. The first kappa shape index (κ1) is 28.8. The number of piperidine rings is 1. The van der Waals surface area contributed by atoms with Crippen LogP contribution in [0.2, 0.25) is 0 Å². The molecular formula is C34H44FN5O2. The first-order chi connectivity index (χ1) is 20.1. The molecule has 0 radical (unpaired) electrons. The monoisotopic (exact) mass is 573 g/mol. The van der Waals surface area contributed by atoms with E-state index in [0.717, 1.165) is 56.5 Å². The second-order valence-electron chi connectivity index (χ2n) is 13.4. The molecule has 2 aromatic heterocycles. The number of hydrogen-bond donors (Lipinski definition) is 0. The summed E-state index contributed by atoms with van der Waals surface area (Å²) in [6, 6.07) is 4.88. The molecule has 2 saturated heterocycles. The number of rotatable bonds is 8. The van der Waals surface area contributed by atoms with Gasteiger partial charge in [-0.3, -0.25) is 14.6 Å². The van der Waals surface area contributed by atoms with Gasteiger partial charge in [-0.2, -0.15) is 0 Å². The summed E-state index contributed by atoms with van der Waals surface area (Å²) in [5.41, 5.74) is 4.59. The van der Waals surface area contributed by atoms with Crippen molar-refractivity contribution in [1.82, 2.24) is 24.3 Å². The number of halogens is 1. The minimum absolute atomic E-state index is 0.00511. The fourth-order valence-corrected chi connectivity index (χ4v) is 7.50. The van der Waals surface area contributed by atoms with E-state index in [4.69, 9.17) is 0 Å². The molecule has 1 unspecified atom stereocenters. The Morgan fingerprint density at radius 2 is 1.93 bits per heavy atom. The lowest BCUT2D eigenvalue weighted by molar-refractivity contribution is -0.135. The summed E-state index contributed by atoms with van der Waals surface area (Å²) >= 11 is 0. The highest BCUT2D eigenvalue weighted by Gasteiger charge is 2.54. The summed E-state index contributed by atoms with van der Waals surface area (Å²) in [4.78, 5) is 36.6. The molecule has 4 heterocycles. The summed E-state index contributed by atoms with van der Waals surface area (Å²) in [5, 5.41) is 1.17. The van der Waals surface area contributed by atoms with Crippen molar-refractivity contribution in [3.63, 3.8) is 0 Å². The number of amides is 2. The van der Waals surface area contributed by atoms with E-state index in [-0.39, 0.29) is 23.3 Å². The number of likely N-dealkylation sites (tertiary alicyclic amines) is 2. The van der Waals surface area contributed by atoms with Gasteiger partial charge in [0.05, 0.1) is 23.0 Å². The summed E-state index contributed by atoms with van der Waals surface area (Å²) in [6.45, 7) is 11.8. The molecule has 1 atom stereocenters. The number of carbonyl (C=O) groups excluding carboxylic acids is 2. The zero-order chi connectivity index (χ0) is 29.8. The van der Waals surface area contributed by atoms with Crippen LogP contribution in [0.25, 0.3) is 16.6 Å². The predicted octanol–water partition coefficient (Wildman–Crippen LogP) is 5.61. The molecule has 2 amide bonds. The van der Waals surface area contributed by atoms with Gasteiger partial charge in [0, 0.05) is 75.4 Å². The van der Waals surface area contributed by atoms with Crippen molar-refractivity contribution in [2.45, 2.75) is 78.3 Å². The van der Waals surface area contributed by atoms with Crippen molar-refractivity contribution in [2.75, 3.05) is 33.2 Å². The molecule has 224 valence electrons. The van der Waals surface area contributed by atoms with E-state index in [9.17, 15) is 14.0 Å². The molecule has 6 rings (SSSR count). The fourth-order valence-electron chi connectivity index (χ4n) is 7.50. The van der Waals surface area contributed by atoms with Crippen LogP contribution < -0.4 is 0 Å². The average Bonchev–Trinajstić information content (AvgIpc) is 3.64. The molecule has 1 aromatic carbocycles. The number of carbonyl (C=O) groups is 2. The molecule has 0 bridgehead atoms. The van der Waals surface area contributed by atoms with Gasteiger partial charge in [0.1, 0.15) is 5.82 Å². The summed E-state index contributed by atoms with van der Waals surface area (Å²) in [6.07, 6.45) is 12.8. The van der Waals surface area contributed by atoms with Crippen LogP contribution in [0, 0.1) is 24.1 Å². The Labute approximate surface area is 248 Å². The van der Waals surface area contributed by atoms with Crippen LogP contribution in [0.3, 0.4) is 0 Å². The van der Waals surface area contributed by atoms with Gasteiger partial charge < -0.3 is 19.3 Å². The molecule has 7 nitrogen and oxygen atoms in total. The van der Waals surface area contributed by atoms with Gasteiger partial charge in [0.15, 0.2) is 0 Å². The van der Waals surface area contributed by atoms with Crippen molar-refractivity contribution < 1.29 is 14.0 Å². The van der Waals surface area contributed by atoms with Crippen LogP contribution in [0.15, 0.2) is 36.8 Å². The molecule has 2 aliphatic heterocycles. The molecule has 3 aromatic rings. The second kappa shape index (κ2) is 11.1. The van der Waals surface area contributed by atoms with E-state index >= 15 is 0 Å². The number of aromatic nitrogens is 2. The third-order valence-electron chi connectivity index (χ3n) is 10.1. The molecule has 42 heavy (non-hydrogen) atoms. The van der Waals surface area contributed by atoms with E-state index in [1.807, 2.05) is 30.8 Å². The maximum absolute atomic E-state index is 14.4. The SMILES string of the molecule is CC(=O)N1CCCCC1C1(CN2CC(Cc3cn(-c4ccc(F)cc4C(=O)N(C)C(C)C)c4cncc(C)c34)C2)CC1. The summed E-state index contributed by atoms with van der Waals surface area (Å²) < 4.78 is 16.4. The lowest BCUT2D eigenvalue weighted by Gasteiger charge is -2.46. The van der Waals surface area contributed by atoms with Crippen molar-refractivity contribution in [2.24, 2.45) is 11.3 Å². The number of nitrogens with zero attached hydrogens (tertiary/aromatic N) is 5. The van der Waals surface area contributed by atoms with Crippen LogP contribution in [-0.4, -0.2) is 81.4 Å². The van der Waals surface area contributed by atoms with Gasteiger partial charge in [-0.05, 0) is 94.5 Å². The van der Waals surface area contributed by atoms with Crippen LogP contribution in [0.5, 0.6) is 0 Å². The highest BCUT2D eigenvalue weighted by molar-refractivity contribution is 5.99. The van der Waals surface area contributed by atoms with Gasteiger partial charge >= 0.3 is 0 Å². The molecule has 8 heteroatoms. The summed E-state index contributed by atoms with van der Waals surface area (Å²) in [5.74, 6) is 0.154. The fraction of sp³-hybridized carbons (Fsp3) is 0.559. The maximum Gasteiger partial charge on any atom is 0.256 e. The Kier molecular flexibility index (Phi) is 7.62. The average molecular weight is 574 g/mol. The van der Waals surface area contributed by atoms with E-state index in [1.165, 1.54) is 42.3 Å². The highest BCUT2D eigenvalue weighted by atomic mass is 19.1. The molecule has 1 aliphatic carbocycles. The number of fused-ring (bicyclic) bond motifs is 1. The number of benzene rings is 1. The van der Waals surface area contributed by atoms with E-state index in [1.54, 1.807) is 24.9 Å². The van der Waals surface area contributed by atoms with Gasteiger partial charge in [-0.15, -0.1) is 0 Å². The Morgan fingerprint density at radius 3 is 2.62 bits per heavy atom. The standard InChI is InChI=1S/C34H44FN5O2/c1-22(2)37(5)33(42)28-15-27(35)9-10-29(28)40-20-26(32-23(3)16-36-17-30(32)40)14-25-18-38(19-25)21-34(11-12-34)31-8-6-7-13-39(31)24(4)41/h9-10,15-17,20,22,25,31H,6-8,11-14,18-19,21H2,1-5H3. The van der Waals surface area contributed by atoms with Crippen LogP contribution in [0.1, 0.15) is 74.4 Å². The van der Waals surface area contributed by atoms with Crippen LogP contribution in [-0.2, 0) is 11.2 Å². The quantitative estimate of drug-likeness (QED) is 0.352. The maximum atomic E-state index is 14.4. The first-order valence-corrected chi connectivity index (χ1v) is 15.6. The first-order valence-electron chi connectivity index (χ1n) is 15.6. The number of pyridine rings is 1. The Morgan fingerprint density at radius 1 is 1.17 bits per heavy atom. The molecular weight excluding hydrogens is 529 g/mol. The third kappa shape index (κ3) is 5.23. The largest absolute Gasteiger partial charge is 0.339 e. The Hall–Kier alpha value is -3.26. The molecule has 1 saturated carbocycles. The molecule has 3 fully saturated rings. The Balaban J connectivity index is 1.22. The van der Waals surface area contributed by atoms with Gasteiger partial charge in [-0.25, -0.2) is 4.39 Å². The second-order valence-corrected chi connectivity index (χ2v) is 13.4. The van der Waals surface area contributed by atoms with Crippen molar-refractivity contribution in [3.05, 3.63) is 59.3 Å². The van der Waals surface area contributed by atoms with Crippen molar-refractivity contribution >= 4 is 22.7 Å².